The van der Waals surface area contributed by atoms with E-state index in [1.807, 2.05) is 19.2 Å². The SMILES string of the molecule is Cn1cnnc1SCC(=O)Nc1ccc(C(=O)NCCc2cc(Cl)c3c(c2)OCCO3)cc1. The van der Waals surface area contributed by atoms with E-state index in [1.165, 1.54) is 11.8 Å². The molecule has 0 saturated heterocycles. The second-order valence-electron chi connectivity index (χ2n) is 7.25. The smallest absolute Gasteiger partial charge is 0.251 e. The first kappa shape index (κ1) is 22.9. The van der Waals surface area contributed by atoms with Crippen molar-refractivity contribution < 1.29 is 19.1 Å². The zero-order chi connectivity index (χ0) is 23.2. The van der Waals surface area contributed by atoms with E-state index in [0.29, 0.717) is 59.1 Å². The van der Waals surface area contributed by atoms with E-state index >= 15 is 0 Å². The van der Waals surface area contributed by atoms with Crippen molar-refractivity contribution in [3.05, 3.63) is 58.9 Å². The van der Waals surface area contributed by atoms with E-state index in [1.54, 1.807) is 35.2 Å². The summed E-state index contributed by atoms with van der Waals surface area (Å²) in [5.41, 5.74) is 2.06. The number of amides is 2. The molecule has 11 heteroatoms. The lowest BCUT2D eigenvalue weighted by atomic mass is 10.1. The maximum absolute atomic E-state index is 12.4. The van der Waals surface area contributed by atoms with Gasteiger partial charge in [0.2, 0.25) is 5.91 Å². The summed E-state index contributed by atoms with van der Waals surface area (Å²) in [6.45, 7) is 1.40. The molecule has 0 atom stereocenters. The number of nitrogens with one attached hydrogen (secondary N) is 2. The fourth-order valence-electron chi connectivity index (χ4n) is 3.17. The maximum Gasteiger partial charge on any atom is 0.251 e. The number of benzene rings is 2. The second kappa shape index (κ2) is 10.6. The van der Waals surface area contributed by atoms with Crippen LogP contribution in [0.4, 0.5) is 5.69 Å². The molecule has 2 heterocycles. The molecule has 1 aliphatic rings. The molecule has 0 bridgehead atoms. The third-order valence-electron chi connectivity index (χ3n) is 4.79. The van der Waals surface area contributed by atoms with Gasteiger partial charge in [0, 0.05) is 24.8 Å². The van der Waals surface area contributed by atoms with Crippen molar-refractivity contribution in [1.29, 1.82) is 0 Å². The molecule has 9 nitrogen and oxygen atoms in total. The Morgan fingerprint density at radius 3 is 2.73 bits per heavy atom. The van der Waals surface area contributed by atoms with Gasteiger partial charge in [-0.3, -0.25) is 9.59 Å². The number of nitrogens with zero attached hydrogens (tertiary/aromatic N) is 3. The largest absolute Gasteiger partial charge is 0.486 e. The number of aromatic nitrogens is 3. The summed E-state index contributed by atoms with van der Waals surface area (Å²) in [7, 11) is 1.81. The molecule has 2 aromatic carbocycles. The Bertz CT molecular complexity index is 1150. The molecule has 0 unspecified atom stereocenters. The normalized spacial score (nSPS) is 12.3. The summed E-state index contributed by atoms with van der Waals surface area (Å²) in [5, 5.41) is 14.6. The monoisotopic (exact) mass is 487 g/mol. The molecular weight excluding hydrogens is 466 g/mol. The highest BCUT2D eigenvalue weighted by atomic mass is 35.5. The summed E-state index contributed by atoms with van der Waals surface area (Å²) < 4.78 is 12.8. The Hall–Kier alpha value is -3.24. The van der Waals surface area contributed by atoms with Gasteiger partial charge < -0.3 is 24.7 Å². The van der Waals surface area contributed by atoms with E-state index in [4.69, 9.17) is 21.1 Å². The lowest BCUT2D eigenvalue weighted by Crippen LogP contribution is -2.25. The molecule has 3 aromatic rings. The number of carbonyl (C=O) groups is 2. The first-order chi connectivity index (χ1) is 16.0. The number of carbonyl (C=O) groups excluding carboxylic acids is 2. The number of fused-ring (bicyclic) bond motifs is 1. The van der Waals surface area contributed by atoms with Crippen LogP contribution in [0.1, 0.15) is 15.9 Å². The lowest BCUT2D eigenvalue weighted by molar-refractivity contribution is -0.113. The zero-order valence-corrected chi connectivity index (χ0v) is 19.4. The molecule has 1 aromatic heterocycles. The Kier molecular flexibility index (Phi) is 7.36. The predicted octanol–water partition coefficient (Wildman–Crippen LogP) is 2.94. The van der Waals surface area contributed by atoms with Gasteiger partial charge in [-0.2, -0.15) is 0 Å². The number of halogens is 1. The molecule has 4 rings (SSSR count). The average Bonchev–Trinajstić information content (AvgIpc) is 3.23. The van der Waals surface area contributed by atoms with E-state index in [0.717, 1.165) is 5.56 Å². The Morgan fingerprint density at radius 2 is 1.97 bits per heavy atom. The lowest BCUT2D eigenvalue weighted by Gasteiger charge is -2.20. The summed E-state index contributed by atoms with van der Waals surface area (Å²) in [4.78, 5) is 24.6. The number of ether oxygens (including phenoxy) is 2. The van der Waals surface area contributed by atoms with Crippen molar-refractivity contribution in [2.75, 3.05) is 30.8 Å². The van der Waals surface area contributed by atoms with Crippen LogP contribution in [0, 0.1) is 0 Å². The molecule has 0 aliphatic carbocycles. The minimum Gasteiger partial charge on any atom is -0.486 e. The summed E-state index contributed by atoms with van der Waals surface area (Å²) >= 11 is 7.55. The van der Waals surface area contributed by atoms with Crippen molar-refractivity contribution >= 4 is 40.9 Å². The molecule has 0 fully saturated rings. The van der Waals surface area contributed by atoms with Gasteiger partial charge in [0.15, 0.2) is 16.7 Å². The number of hydrogen-bond acceptors (Lipinski definition) is 7. The highest BCUT2D eigenvalue weighted by Gasteiger charge is 2.16. The van der Waals surface area contributed by atoms with Crippen molar-refractivity contribution in [2.24, 2.45) is 7.05 Å². The second-order valence-corrected chi connectivity index (χ2v) is 8.60. The van der Waals surface area contributed by atoms with Gasteiger partial charge >= 0.3 is 0 Å². The zero-order valence-electron chi connectivity index (χ0n) is 17.8. The molecule has 33 heavy (non-hydrogen) atoms. The standard InChI is InChI=1S/C22H22ClN5O4S/c1-28-13-25-27-22(28)33-12-19(29)26-16-4-2-15(3-5-16)21(30)24-7-6-14-10-17(23)20-18(11-14)31-8-9-32-20/h2-5,10-11,13H,6-9,12H2,1H3,(H,24,30)(H,26,29). The molecule has 2 amide bonds. The van der Waals surface area contributed by atoms with Crippen LogP contribution in [0.2, 0.25) is 5.02 Å². The van der Waals surface area contributed by atoms with Crippen LogP contribution in [0.25, 0.3) is 0 Å². The quantitative estimate of drug-likeness (QED) is 0.470. The van der Waals surface area contributed by atoms with E-state index < -0.39 is 0 Å². The van der Waals surface area contributed by atoms with Gasteiger partial charge in [-0.25, -0.2) is 0 Å². The van der Waals surface area contributed by atoms with Gasteiger partial charge in [-0.15, -0.1) is 10.2 Å². The van der Waals surface area contributed by atoms with E-state index in [-0.39, 0.29) is 17.6 Å². The molecule has 172 valence electrons. The predicted molar refractivity (Wildman–Crippen MR) is 125 cm³/mol. The van der Waals surface area contributed by atoms with Gasteiger partial charge in [0.1, 0.15) is 19.5 Å². The number of aryl methyl sites for hydroxylation is 1. The van der Waals surface area contributed by atoms with Crippen LogP contribution in [0.15, 0.2) is 47.9 Å². The summed E-state index contributed by atoms with van der Waals surface area (Å²) in [5.74, 6) is 1.03. The van der Waals surface area contributed by atoms with Crippen molar-refractivity contribution in [1.82, 2.24) is 20.1 Å². The molecule has 1 aliphatic heterocycles. The maximum atomic E-state index is 12.4. The van der Waals surface area contributed by atoms with Gasteiger partial charge in [0.25, 0.3) is 5.91 Å². The van der Waals surface area contributed by atoms with Crippen LogP contribution in [0.3, 0.4) is 0 Å². The van der Waals surface area contributed by atoms with Crippen LogP contribution in [0.5, 0.6) is 11.5 Å². The van der Waals surface area contributed by atoms with Gasteiger partial charge in [-0.1, -0.05) is 23.4 Å². The third kappa shape index (κ3) is 5.96. The Labute approximate surface area is 199 Å². The Morgan fingerprint density at radius 1 is 1.18 bits per heavy atom. The molecule has 0 saturated carbocycles. The highest BCUT2D eigenvalue weighted by molar-refractivity contribution is 7.99. The number of thioether (sulfide) groups is 1. The fourth-order valence-corrected chi connectivity index (χ4v) is 4.14. The third-order valence-corrected chi connectivity index (χ3v) is 6.10. The molecular formula is C22H22ClN5O4S. The van der Waals surface area contributed by atoms with Gasteiger partial charge in [0.05, 0.1) is 10.8 Å². The topological polar surface area (TPSA) is 107 Å². The van der Waals surface area contributed by atoms with Crippen LogP contribution < -0.4 is 20.1 Å². The average molecular weight is 488 g/mol. The minimum atomic E-state index is -0.200. The van der Waals surface area contributed by atoms with E-state index in [2.05, 4.69) is 20.8 Å². The van der Waals surface area contributed by atoms with Crippen molar-refractivity contribution in [2.45, 2.75) is 11.6 Å². The summed E-state index contributed by atoms with van der Waals surface area (Å²) in [6.07, 6.45) is 2.18. The highest BCUT2D eigenvalue weighted by Crippen LogP contribution is 2.38. The van der Waals surface area contributed by atoms with Gasteiger partial charge in [-0.05, 0) is 48.4 Å². The van der Waals surface area contributed by atoms with Crippen LogP contribution in [-0.4, -0.2) is 52.1 Å². The molecule has 0 radical (unpaired) electrons. The summed E-state index contributed by atoms with van der Waals surface area (Å²) in [6, 6.07) is 10.4. The van der Waals surface area contributed by atoms with Crippen molar-refractivity contribution in [3.63, 3.8) is 0 Å². The first-order valence-electron chi connectivity index (χ1n) is 10.2. The van der Waals surface area contributed by atoms with Crippen LogP contribution >= 0.6 is 23.4 Å². The minimum absolute atomic E-state index is 0.168. The fraction of sp³-hybridized carbons (Fsp3) is 0.273. The Balaban J connectivity index is 1.24. The molecule has 2 N–H and O–H groups in total. The van der Waals surface area contributed by atoms with Crippen molar-refractivity contribution in [3.8, 4) is 11.5 Å². The first-order valence-corrected chi connectivity index (χ1v) is 11.6. The van der Waals surface area contributed by atoms with Crippen LogP contribution in [-0.2, 0) is 18.3 Å². The number of rotatable bonds is 8. The van der Waals surface area contributed by atoms with E-state index in [9.17, 15) is 9.59 Å². The number of hydrogen-bond donors (Lipinski definition) is 2. The molecule has 0 spiro atoms. The number of anilines is 1.